The van der Waals surface area contributed by atoms with Gasteiger partial charge in [-0.25, -0.2) is 12.8 Å². The van der Waals surface area contributed by atoms with Crippen molar-refractivity contribution in [3.8, 4) is 0 Å². The van der Waals surface area contributed by atoms with Crippen LogP contribution in [0.2, 0.25) is 10.0 Å². The van der Waals surface area contributed by atoms with E-state index in [0.29, 0.717) is 43.9 Å². The maximum absolute atomic E-state index is 14.3. The van der Waals surface area contributed by atoms with Crippen LogP contribution in [0.25, 0.3) is 0 Å². The molecule has 6 nitrogen and oxygen atoms in total. The number of alkyl halides is 3. The Morgan fingerprint density at radius 3 is 2.32 bits per heavy atom. The van der Waals surface area contributed by atoms with Gasteiger partial charge in [0.05, 0.1) is 27.3 Å². The van der Waals surface area contributed by atoms with Gasteiger partial charge in [-0.2, -0.15) is 17.5 Å². The maximum Gasteiger partial charge on any atom is 0.416 e. The van der Waals surface area contributed by atoms with Crippen molar-refractivity contribution in [3.05, 3.63) is 69.0 Å². The van der Waals surface area contributed by atoms with Gasteiger partial charge in [-0.3, -0.25) is 4.79 Å². The van der Waals surface area contributed by atoms with E-state index in [9.17, 15) is 30.8 Å². The van der Waals surface area contributed by atoms with Gasteiger partial charge in [-0.15, -0.1) is 0 Å². The van der Waals surface area contributed by atoms with Crippen LogP contribution in [0.4, 0.5) is 17.6 Å². The second-order valence-electron chi connectivity index (χ2n) is 9.72. The Kier molecular flexibility index (Phi) is 9.41. The van der Waals surface area contributed by atoms with E-state index in [4.69, 9.17) is 23.2 Å². The minimum absolute atomic E-state index is 0.225. The van der Waals surface area contributed by atoms with E-state index in [1.165, 1.54) is 4.31 Å². The highest BCUT2D eigenvalue weighted by Gasteiger charge is 2.38. The fraction of sp³-hybridized carbons (Fsp3) is 0.480. The van der Waals surface area contributed by atoms with Crippen LogP contribution in [0.3, 0.4) is 0 Å². The molecule has 2 aromatic carbocycles. The first-order chi connectivity index (χ1) is 17.5. The Hall–Kier alpha value is -1.92. The highest BCUT2D eigenvalue weighted by atomic mass is 35.5. The summed E-state index contributed by atoms with van der Waals surface area (Å²) in [6.45, 7) is 4.68. The number of hydrogen-bond acceptors (Lipinski definition) is 4. The van der Waals surface area contributed by atoms with Crippen LogP contribution in [0, 0.1) is 5.82 Å². The van der Waals surface area contributed by atoms with Gasteiger partial charge in [0.15, 0.2) is 0 Å². The molecular formula is C25H29Cl2F4N3O3S. The molecule has 0 aliphatic carbocycles. The van der Waals surface area contributed by atoms with Crippen molar-refractivity contribution in [1.29, 1.82) is 0 Å². The van der Waals surface area contributed by atoms with Crippen LogP contribution in [-0.4, -0.2) is 62.0 Å². The van der Waals surface area contributed by atoms with Gasteiger partial charge < -0.3 is 10.2 Å². The third-order valence-corrected chi connectivity index (χ3v) is 9.01. The Morgan fingerprint density at radius 1 is 1.08 bits per heavy atom. The van der Waals surface area contributed by atoms with Crippen LogP contribution < -0.4 is 5.32 Å². The van der Waals surface area contributed by atoms with Crippen LogP contribution in [0.15, 0.2) is 36.4 Å². The highest BCUT2D eigenvalue weighted by Crippen LogP contribution is 2.34. The zero-order valence-corrected chi connectivity index (χ0v) is 23.4. The van der Waals surface area contributed by atoms with Crippen LogP contribution in [0.1, 0.15) is 37.0 Å². The van der Waals surface area contributed by atoms with E-state index >= 15 is 0 Å². The monoisotopic (exact) mass is 597 g/mol. The van der Waals surface area contributed by atoms with Gasteiger partial charge in [-0.05, 0) is 62.7 Å². The number of sulfonamides is 1. The minimum atomic E-state index is -4.65. The summed E-state index contributed by atoms with van der Waals surface area (Å²) in [6, 6.07) is 6.53. The number of carbonyl (C=O) groups excluding carboxylic acids is 1. The average molecular weight is 598 g/mol. The zero-order chi connectivity index (χ0) is 28.5. The summed E-state index contributed by atoms with van der Waals surface area (Å²) in [4.78, 5) is 15.6. The van der Waals surface area contributed by atoms with Crippen molar-refractivity contribution in [2.45, 2.75) is 44.4 Å². The number of nitrogens with one attached hydrogen (secondary N) is 1. The lowest BCUT2D eigenvalue weighted by molar-refractivity contribution is -0.137. The van der Waals surface area contributed by atoms with Gasteiger partial charge >= 0.3 is 6.18 Å². The molecule has 0 spiro atoms. The summed E-state index contributed by atoms with van der Waals surface area (Å²) >= 11 is 12.3. The molecule has 1 saturated heterocycles. The predicted octanol–water partition coefficient (Wildman–Crippen LogP) is 5.08. The van der Waals surface area contributed by atoms with Crippen molar-refractivity contribution < 1.29 is 30.8 Å². The Bertz CT molecular complexity index is 1290. The predicted molar refractivity (Wildman–Crippen MR) is 139 cm³/mol. The number of carbonyl (C=O) groups is 1. The summed E-state index contributed by atoms with van der Waals surface area (Å²) in [7, 11) is -3.34. The van der Waals surface area contributed by atoms with Crippen LogP contribution in [-0.2, 0) is 33.0 Å². The fourth-order valence-electron chi connectivity index (χ4n) is 4.58. The first-order valence-electron chi connectivity index (χ1n) is 11.8. The average Bonchev–Trinajstić information content (AvgIpc) is 2.82. The zero-order valence-electron chi connectivity index (χ0n) is 21.1. The maximum atomic E-state index is 14.3. The van der Waals surface area contributed by atoms with Gasteiger partial charge in [-0.1, -0.05) is 29.3 Å². The molecule has 2 atom stereocenters. The summed E-state index contributed by atoms with van der Waals surface area (Å²) in [5.41, 5.74) is -1.99. The summed E-state index contributed by atoms with van der Waals surface area (Å²) in [5, 5.41) is 3.10. The molecule has 38 heavy (non-hydrogen) atoms. The molecule has 1 aliphatic heterocycles. The molecule has 210 valence electrons. The van der Waals surface area contributed by atoms with Crippen molar-refractivity contribution in [1.82, 2.24) is 14.5 Å². The molecule has 3 rings (SSSR count). The standard InChI is InChI=1S/C25H29Cl2F4N3O3S/c1-16-15-33(10-11-34(16)38(3,36)37)9-8-24(2,18-4-6-20(26)21(27)13-18)23(35)32-14-17-12-19(25(29,30)31)5-7-22(17)28/h4-7,12-13,16H,8-11,14-15H2,1-3H3,(H,32,35)/t16-,24?/m1/s1. The number of nitrogens with zero attached hydrogens (tertiary/aromatic N) is 2. The largest absolute Gasteiger partial charge is 0.416 e. The van der Waals surface area contributed by atoms with Crippen molar-refractivity contribution in [2.24, 2.45) is 0 Å². The molecule has 0 radical (unpaired) electrons. The van der Waals surface area contributed by atoms with E-state index in [0.717, 1.165) is 12.3 Å². The molecule has 1 aliphatic rings. The van der Waals surface area contributed by atoms with Crippen LogP contribution in [0.5, 0.6) is 0 Å². The number of hydrogen-bond donors (Lipinski definition) is 1. The summed E-state index contributed by atoms with van der Waals surface area (Å²) < 4.78 is 79.0. The first-order valence-corrected chi connectivity index (χ1v) is 14.4. The van der Waals surface area contributed by atoms with E-state index in [-0.39, 0.29) is 28.1 Å². The normalized spacial score (nSPS) is 19.2. The van der Waals surface area contributed by atoms with E-state index in [1.807, 2.05) is 11.8 Å². The second-order valence-corrected chi connectivity index (χ2v) is 12.5. The Balaban J connectivity index is 1.81. The van der Waals surface area contributed by atoms with Crippen molar-refractivity contribution in [3.63, 3.8) is 0 Å². The lowest BCUT2D eigenvalue weighted by Crippen LogP contribution is -2.54. The number of halogens is 6. The lowest BCUT2D eigenvalue weighted by Gasteiger charge is -2.40. The number of benzene rings is 2. The van der Waals surface area contributed by atoms with Gasteiger partial charge in [0, 0.05) is 37.8 Å². The molecule has 13 heteroatoms. The number of rotatable bonds is 8. The molecule has 1 unspecified atom stereocenters. The summed E-state index contributed by atoms with van der Waals surface area (Å²) in [5.74, 6) is -1.40. The lowest BCUT2D eigenvalue weighted by atomic mass is 9.78. The molecule has 1 heterocycles. The van der Waals surface area contributed by atoms with Crippen LogP contribution >= 0.6 is 23.2 Å². The minimum Gasteiger partial charge on any atom is -0.351 e. The molecule has 0 aromatic heterocycles. The third kappa shape index (κ3) is 7.18. The quantitative estimate of drug-likeness (QED) is 0.431. The topological polar surface area (TPSA) is 69.7 Å². The van der Waals surface area contributed by atoms with Gasteiger partial charge in [0.2, 0.25) is 15.9 Å². The SMILES string of the molecule is C[C@@H]1CN(CCC(C)(C(=O)NCc2cc(C(F)(F)F)ccc2F)c2ccc(Cl)c(Cl)c2)CCN1S(C)(=O)=O. The van der Waals surface area contributed by atoms with Gasteiger partial charge in [0.25, 0.3) is 0 Å². The molecular weight excluding hydrogens is 569 g/mol. The molecule has 1 fully saturated rings. The number of amides is 1. The van der Waals surface area contributed by atoms with E-state index in [1.54, 1.807) is 25.1 Å². The Morgan fingerprint density at radius 2 is 1.74 bits per heavy atom. The molecule has 1 N–H and O–H groups in total. The second kappa shape index (κ2) is 11.7. The van der Waals surface area contributed by atoms with Gasteiger partial charge in [0.1, 0.15) is 5.82 Å². The molecule has 1 amide bonds. The highest BCUT2D eigenvalue weighted by molar-refractivity contribution is 7.88. The van der Waals surface area contributed by atoms with Crippen molar-refractivity contribution >= 4 is 39.1 Å². The Labute approximate surface area is 229 Å². The van der Waals surface area contributed by atoms with E-state index in [2.05, 4.69) is 5.32 Å². The number of piperazine rings is 1. The molecule has 2 aromatic rings. The molecule has 0 bridgehead atoms. The van der Waals surface area contributed by atoms with E-state index < -0.39 is 45.4 Å². The fourth-order valence-corrected chi connectivity index (χ4v) is 6.01. The van der Waals surface area contributed by atoms with Crippen molar-refractivity contribution in [2.75, 3.05) is 32.4 Å². The first kappa shape index (κ1) is 30.6. The smallest absolute Gasteiger partial charge is 0.351 e. The third-order valence-electron chi connectivity index (χ3n) is 6.87. The molecule has 0 saturated carbocycles. The summed E-state index contributed by atoms with van der Waals surface area (Å²) in [6.07, 6.45) is -3.22.